The first-order valence-corrected chi connectivity index (χ1v) is 7.07. The standard InChI is InChI=1S/C14H24N4O/c1-12-6-7-14(17-16-12)18-9-3-5-13(11-18)15-8-4-10-19-2/h6-7,13,15H,3-5,8-11H2,1-2H3/t13-/m0/s1. The zero-order chi connectivity index (χ0) is 13.5. The molecule has 1 atom stereocenters. The largest absolute Gasteiger partial charge is 0.385 e. The molecule has 0 unspecified atom stereocenters. The van der Waals surface area contributed by atoms with Crippen LogP contribution in [-0.2, 0) is 4.74 Å². The van der Waals surface area contributed by atoms with Crippen LogP contribution in [0.2, 0.25) is 0 Å². The van der Waals surface area contributed by atoms with E-state index in [1.54, 1.807) is 7.11 Å². The summed E-state index contributed by atoms with van der Waals surface area (Å²) in [5, 5.41) is 12.0. The molecule has 2 rings (SSSR count). The van der Waals surface area contributed by atoms with Gasteiger partial charge in [0.2, 0.25) is 0 Å². The predicted molar refractivity (Wildman–Crippen MR) is 76.5 cm³/mol. The van der Waals surface area contributed by atoms with Gasteiger partial charge in [-0.3, -0.25) is 0 Å². The Morgan fingerprint density at radius 1 is 1.42 bits per heavy atom. The van der Waals surface area contributed by atoms with Gasteiger partial charge in [-0.25, -0.2) is 0 Å². The Morgan fingerprint density at radius 3 is 3.05 bits per heavy atom. The summed E-state index contributed by atoms with van der Waals surface area (Å²) in [7, 11) is 1.75. The van der Waals surface area contributed by atoms with E-state index in [1.165, 1.54) is 12.8 Å². The van der Waals surface area contributed by atoms with Gasteiger partial charge in [-0.05, 0) is 44.9 Å². The first kappa shape index (κ1) is 14.2. The molecule has 5 heteroatoms. The normalized spacial score (nSPS) is 19.7. The molecule has 0 amide bonds. The van der Waals surface area contributed by atoms with Crippen molar-refractivity contribution in [3.05, 3.63) is 17.8 Å². The molecule has 0 saturated carbocycles. The Bertz CT molecular complexity index is 368. The number of methoxy groups -OCH3 is 1. The Kier molecular flexibility index (Phi) is 5.54. The van der Waals surface area contributed by atoms with E-state index in [9.17, 15) is 0 Å². The average molecular weight is 264 g/mol. The van der Waals surface area contributed by atoms with Crippen molar-refractivity contribution in [2.45, 2.75) is 32.2 Å². The van der Waals surface area contributed by atoms with E-state index in [-0.39, 0.29) is 0 Å². The van der Waals surface area contributed by atoms with Crippen molar-refractivity contribution in [3.8, 4) is 0 Å². The Balaban J connectivity index is 1.81. The fourth-order valence-electron chi connectivity index (χ4n) is 2.44. The van der Waals surface area contributed by atoms with Crippen molar-refractivity contribution in [3.63, 3.8) is 0 Å². The second kappa shape index (κ2) is 7.40. The van der Waals surface area contributed by atoms with Crippen LogP contribution < -0.4 is 10.2 Å². The van der Waals surface area contributed by atoms with Crippen LogP contribution in [0, 0.1) is 6.92 Å². The Hall–Kier alpha value is -1.20. The lowest BCUT2D eigenvalue weighted by molar-refractivity contribution is 0.192. The zero-order valence-electron chi connectivity index (χ0n) is 11.9. The summed E-state index contributed by atoms with van der Waals surface area (Å²) in [6.07, 6.45) is 3.51. The molecule has 106 valence electrons. The number of rotatable bonds is 6. The smallest absolute Gasteiger partial charge is 0.151 e. The highest BCUT2D eigenvalue weighted by Crippen LogP contribution is 2.17. The number of anilines is 1. The van der Waals surface area contributed by atoms with Gasteiger partial charge in [0, 0.05) is 32.8 Å². The van der Waals surface area contributed by atoms with Crippen LogP contribution in [0.25, 0.3) is 0 Å². The summed E-state index contributed by atoms with van der Waals surface area (Å²) < 4.78 is 5.06. The lowest BCUT2D eigenvalue weighted by Crippen LogP contribution is -2.46. The van der Waals surface area contributed by atoms with Gasteiger partial charge in [-0.15, -0.1) is 5.10 Å². The molecule has 19 heavy (non-hydrogen) atoms. The Labute approximate surface area is 115 Å². The first-order chi connectivity index (χ1) is 9.29. The highest BCUT2D eigenvalue weighted by Gasteiger charge is 2.20. The number of ether oxygens (including phenoxy) is 1. The lowest BCUT2D eigenvalue weighted by Gasteiger charge is -2.33. The van der Waals surface area contributed by atoms with Crippen LogP contribution in [0.15, 0.2) is 12.1 Å². The second-order valence-electron chi connectivity index (χ2n) is 5.12. The van der Waals surface area contributed by atoms with E-state index in [2.05, 4.69) is 26.5 Å². The predicted octanol–water partition coefficient (Wildman–Crippen LogP) is 1.38. The van der Waals surface area contributed by atoms with Crippen molar-refractivity contribution in [1.82, 2.24) is 15.5 Å². The van der Waals surface area contributed by atoms with Gasteiger partial charge < -0.3 is 15.0 Å². The molecular formula is C14H24N4O. The average Bonchev–Trinajstić information content (AvgIpc) is 2.45. The van der Waals surface area contributed by atoms with Gasteiger partial charge >= 0.3 is 0 Å². The fraction of sp³-hybridized carbons (Fsp3) is 0.714. The number of nitrogens with zero attached hydrogens (tertiary/aromatic N) is 3. The SMILES string of the molecule is COCCCN[C@H]1CCCN(c2ccc(C)nn2)C1. The highest BCUT2D eigenvalue weighted by molar-refractivity contribution is 5.38. The quantitative estimate of drug-likeness (QED) is 0.787. The molecule has 5 nitrogen and oxygen atoms in total. The highest BCUT2D eigenvalue weighted by atomic mass is 16.5. The molecular weight excluding hydrogens is 240 g/mol. The molecule has 0 radical (unpaired) electrons. The third kappa shape index (κ3) is 4.44. The number of nitrogens with one attached hydrogen (secondary N) is 1. The minimum Gasteiger partial charge on any atom is -0.385 e. The van der Waals surface area contributed by atoms with Crippen molar-refractivity contribution >= 4 is 5.82 Å². The van der Waals surface area contributed by atoms with Crippen molar-refractivity contribution in [2.75, 3.05) is 38.3 Å². The van der Waals surface area contributed by atoms with E-state index < -0.39 is 0 Å². The molecule has 1 aliphatic heterocycles. The summed E-state index contributed by atoms with van der Waals surface area (Å²) in [5.74, 6) is 0.994. The fourth-order valence-corrected chi connectivity index (χ4v) is 2.44. The summed E-state index contributed by atoms with van der Waals surface area (Å²) >= 11 is 0. The minimum atomic E-state index is 0.550. The van der Waals surface area contributed by atoms with Crippen LogP contribution in [-0.4, -0.2) is 49.6 Å². The molecule has 0 aliphatic carbocycles. The van der Waals surface area contributed by atoms with Gasteiger partial charge in [0.15, 0.2) is 5.82 Å². The maximum absolute atomic E-state index is 5.06. The van der Waals surface area contributed by atoms with E-state index in [1.807, 2.05) is 13.0 Å². The molecule has 1 aromatic heterocycles. The molecule has 2 heterocycles. The molecule has 1 N–H and O–H groups in total. The van der Waals surface area contributed by atoms with Gasteiger partial charge in [0.05, 0.1) is 5.69 Å². The number of hydrogen-bond donors (Lipinski definition) is 1. The van der Waals surface area contributed by atoms with E-state index in [0.717, 1.165) is 44.2 Å². The lowest BCUT2D eigenvalue weighted by atomic mass is 10.1. The third-order valence-electron chi connectivity index (χ3n) is 3.49. The van der Waals surface area contributed by atoms with E-state index in [4.69, 9.17) is 4.74 Å². The molecule has 0 bridgehead atoms. The topological polar surface area (TPSA) is 50.3 Å². The van der Waals surface area contributed by atoms with Crippen LogP contribution >= 0.6 is 0 Å². The monoisotopic (exact) mass is 264 g/mol. The van der Waals surface area contributed by atoms with Gasteiger partial charge in [-0.1, -0.05) is 0 Å². The van der Waals surface area contributed by atoms with Gasteiger partial charge in [0.1, 0.15) is 0 Å². The molecule has 1 saturated heterocycles. The first-order valence-electron chi connectivity index (χ1n) is 7.07. The molecule has 1 fully saturated rings. The van der Waals surface area contributed by atoms with Gasteiger partial charge in [-0.2, -0.15) is 5.10 Å². The summed E-state index contributed by atoms with van der Waals surface area (Å²) in [4.78, 5) is 2.32. The van der Waals surface area contributed by atoms with Crippen molar-refractivity contribution in [1.29, 1.82) is 0 Å². The van der Waals surface area contributed by atoms with Crippen LogP contribution in [0.1, 0.15) is 25.0 Å². The van der Waals surface area contributed by atoms with Crippen LogP contribution in [0.4, 0.5) is 5.82 Å². The molecule has 1 aliphatic rings. The summed E-state index contributed by atoms with van der Waals surface area (Å²) in [6, 6.07) is 4.64. The number of aryl methyl sites for hydroxylation is 1. The van der Waals surface area contributed by atoms with Gasteiger partial charge in [0.25, 0.3) is 0 Å². The number of hydrogen-bond acceptors (Lipinski definition) is 5. The molecule has 0 spiro atoms. The maximum atomic E-state index is 5.06. The van der Waals surface area contributed by atoms with E-state index >= 15 is 0 Å². The summed E-state index contributed by atoms with van der Waals surface area (Å²) in [6.45, 7) is 5.91. The third-order valence-corrected chi connectivity index (χ3v) is 3.49. The maximum Gasteiger partial charge on any atom is 0.151 e. The van der Waals surface area contributed by atoms with Crippen LogP contribution in [0.3, 0.4) is 0 Å². The second-order valence-corrected chi connectivity index (χ2v) is 5.12. The van der Waals surface area contributed by atoms with Crippen LogP contribution in [0.5, 0.6) is 0 Å². The van der Waals surface area contributed by atoms with Crippen molar-refractivity contribution in [2.24, 2.45) is 0 Å². The zero-order valence-corrected chi connectivity index (χ0v) is 11.9. The number of piperidine rings is 1. The van der Waals surface area contributed by atoms with E-state index in [0.29, 0.717) is 6.04 Å². The van der Waals surface area contributed by atoms with Crippen molar-refractivity contribution < 1.29 is 4.74 Å². The molecule has 0 aromatic carbocycles. The Morgan fingerprint density at radius 2 is 2.32 bits per heavy atom. The number of aromatic nitrogens is 2. The summed E-state index contributed by atoms with van der Waals surface area (Å²) in [5.41, 5.74) is 0.968. The minimum absolute atomic E-state index is 0.550. The molecule has 1 aromatic rings.